The SMILES string of the molecule is CCOc1ccc(C(=O)N2CCN(C/C=C/c3ccccc3)CC2)cc1COc1cccc(OC)c1. The van der Waals surface area contributed by atoms with E-state index in [1.807, 2.05) is 72.5 Å². The van der Waals surface area contributed by atoms with E-state index in [2.05, 4.69) is 29.2 Å². The smallest absolute Gasteiger partial charge is 0.253 e. The Balaban J connectivity index is 1.35. The van der Waals surface area contributed by atoms with E-state index in [0.29, 0.717) is 37.6 Å². The fourth-order valence-electron chi connectivity index (χ4n) is 4.19. The van der Waals surface area contributed by atoms with Crippen LogP contribution < -0.4 is 14.2 Å². The Labute approximate surface area is 213 Å². The quantitative estimate of drug-likeness (QED) is 0.397. The number of hydrogen-bond acceptors (Lipinski definition) is 5. The molecule has 0 N–H and O–H groups in total. The summed E-state index contributed by atoms with van der Waals surface area (Å²) in [5.74, 6) is 2.20. The Bertz CT molecular complexity index is 1150. The van der Waals surface area contributed by atoms with Crippen molar-refractivity contribution in [3.63, 3.8) is 0 Å². The molecule has 1 aliphatic heterocycles. The maximum absolute atomic E-state index is 13.3. The molecule has 0 aromatic heterocycles. The highest BCUT2D eigenvalue weighted by molar-refractivity contribution is 5.94. The maximum Gasteiger partial charge on any atom is 0.253 e. The molecule has 0 radical (unpaired) electrons. The van der Waals surface area contributed by atoms with Crippen LogP contribution in [0.15, 0.2) is 78.9 Å². The number of piperazine rings is 1. The largest absolute Gasteiger partial charge is 0.497 e. The lowest BCUT2D eigenvalue weighted by atomic mass is 10.1. The fourth-order valence-corrected chi connectivity index (χ4v) is 4.19. The molecule has 0 bridgehead atoms. The van der Waals surface area contributed by atoms with Gasteiger partial charge in [0.1, 0.15) is 23.9 Å². The zero-order valence-corrected chi connectivity index (χ0v) is 21.1. The first kappa shape index (κ1) is 25.3. The second-order valence-electron chi connectivity index (χ2n) is 8.63. The molecule has 0 aliphatic carbocycles. The minimum atomic E-state index is 0.0418. The van der Waals surface area contributed by atoms with Crippen molar-refractivity contribution in [2.75, 3.05) is 46.4 Å². The van der Waals surface area contributed by atoms with Crippen molar-refractivity contribution in [3.05, 3.63) is 95.6 Å². The van der Waals surface area contributed by atoms with Gasteiger partial charge in [0, 0.05) is 49.9 Å². The standard InChI is InChI=1S/C30H34N2O4/c1-3-35-29-15-14-25(21-26(29)23-36-28-13-7-12-27(22-28)34-2)30(33)32-19-17-31(18-20-32)16-8-11-24-9-5-4-6-10-24/h4-15,21-22H,3,16-20,23H2,1-2H3/b11-8+. The number of ether oxygens (including phenoxy) is 3. The van der Waals surface area contributed by atoms with E-state index in [1.165, 1.54) is 5.56 Å². The predicted octanol–water partition coefficient (Wildman–Crippen LogP) is 5.14. The Morgan fingerprint density at radius 1 is 0.889 bits per heavy atom. The van der Waals surface area contributed by atoms with Crippen molar-refractivity contribution in [1.29, 1.82) is 0 Å². The number of nitrogens with zero attached hydrogens (tertiary/aromatic N) is 2. The normalized spacial score (nSPS) is 14.1. The van der Waals surface area contributed by atoms with Crippen molar-refractivity contribution < 1.29 is 19.0 Å². The van der Waals surface area contributed by atoms with E-state index >= 15 is 0 Å². The minimum Gasteiger partial charge on any atom is -0.497 e. The molecule has 0 spiro atoms. The monoisotopic (exact) mass is 486 g/mol. The minimum absolute atomic E-state index is 0.0418. The molecule has 0 atom stereocenters. The van der Waals surface area contributed by atoms with E-state index in [9.17, 15) is 4.79 Å². The number of methoxy groups -OCH3 is 1. The molecule has 36 heavy (non-hydrogen) atoms. The third-order valence-electron chi connectivity index (χ3n) is 6.18. The second-order valence-corrected chi connectivity index (χ2v) is 8.63. The number of carbonyl (C=O) groups excluding carboxylic acids is 1. The third kappa shape index (κ3) is 6.89. The van der Waals surface area contributed by atoms with Crippen molar-refractivity contribution in [2.24, 2.45) is 0 Å². The van der Waals surface area contributed by atoms with Crippen LogP contribution in [0, 0.1) is 0 Å². The summed E-state index contributed by atoms with van der Waals surface area (Å²) >= 11 is 0. The van der Waals surface area contributed by atoms with E-state index in [1.54, 1.807) is 7.11 Å². The van der Waals surface area contributed by atoms with Gasteiger partial charge in [-0.3, -0.25) is 9.69 Å². The lowest BCUT2D eigenvalue weighted by Crippen LogP contribution is -2.48. The predicted molar refractivity (Wildman–Crippen MR) is 143 cm³/mol. The summed E-state index contributed by atoms with van der Waals surface area (Å²) < 4.78 is 17.1. The molecule has 3 aromatic carbocycles. The van der Waals surface area contributed by atoms with Gasteiger partial charge in [-0.2, -0.15) is 0 Å². The first-order valence-electron chi connectivity index (χ1n) is 12.4. The van der Waals surface area contributed by atoms with Gasteiger partial charge in [0.2, 0.25) is 0 Å². The first-order valence-corrected chi connectivity index (χ1v) is 12.4. The lowest BCUT2D eigenvalue weighted by molar-refractivity contribution is 0.0650. The molecule has 6 nitrogen and oxygen atoms in total. The van der Waals surface area contributed by atoms with Crippen LogP contribution >= 0.6 is 0 Å². The molecular formula is C30H34N2O4. The third-order valence-corrected chi connectivity index (χ3v) is 6.18. The van der Waals surface area contributed by atoms with Crippen LogP contribution in [0.3, 0.4) is 0 Å². The van der Waals surface area contributed by atoms with Crippen molar-refractivity contribution in [1.82, 2.24) is 9.80 Å². The van der Waals surface area contributed by atoms with Gasteiger partial charge >= 0.3 is 0 Å². The Morgan fingerprint density at radius 3 is 2.42 bits per heavy atom. The molecule has 1 fully saturated rings. The summed E-state index contributed by atoms with van der Waals surface area (Å²) in [5.41, 5.74) is 2.70. The molecular weight excluding hydrogens is 452 g/mol. The Hall–Kier alpha value is -3.77. The number of rotatable bonds is 10. The van der Waals surface area contributed by atoms with Crippen LogP contribution in [0.5, 0.6) is 17.2 Å². The van der Waals surface area contributed by atoms with Gasteiger partial charge in [-0.15, -0.1) is 0 Å². The van der Waals surface area contributed by atoms with Crippen LogP contribution in [-0.4, -0.2) is 62.1 Å². The van der Waals surface area contributed by atoms with E-state index in [4.69, 9.17) is 14.2 Å². The van der Waals surface area contributed by atoms with E-state index in [0.717, 1.165) is 36.7 Å². The van der Waals surface area contributed by atoms with Crippen LogP contribution in [-0.2, 0) is 6.61 Å². The maximum atomic E-state index is 13.3. The number of benzene rings is 3. The molecule has 1 amide bonds. The van der Waals surface area contributed by atoms with Crippen LogP contribution in [0.1, 0.15) is 28.4 Å². The zero-order valence-electron chi connectivity index (χ0n) is 21.1. The summed E-state index contributed by atoms with van der Waals surface area (Å²) in [6.45, 7) is 6.79. The van der Waals surface area contributed by atoms with E-state index in [-0.39, 0.29) is 5.91 Å². The van der Waals surface area contributed by atoms with Gasteiger partial charge in [-0.25, -0.2) is 0 Å². The summed E-state index contributed by atoms with van der Waals surface area (Å²) in [5, 5.41) is 0. The van der Waals surface area contributed by atoms with Crippen LogP contribution in [0.2, 0.25) is 0 Å². The average molecular weight is 487 g/mol. The highest BCUT2D eigenvalue weighted by Crippen LogP contribution is 2.25. The average Bonchev–Trinajstić information content (AvgIpc) is 2.93. The molecule has 4 rings (SSSR count). The highest BCUT2D eigenvalue weighted by atomic mass is 16.5. The topological polar surface area (TPSA) is 51.2 Å². The van der Waals surface area contributed by atoms with Crippen LogP contribution in [0.25, 0.3) is 6.08 Å². The number of amides is 1. The summed E-state index contributed by atoms with van der Waals surface area (Å²) in [7, 11) is 1.63. The van der Waals surface area contributed by atoms with Gasteiger partial charge in [0.05, 0.1) is 13.7 Å². The van der Waals surface area contributed by atoms with Crippen molar-refractivity contribution in [2.45, 2.75) is 13.5 Å². The fraction of sp³-hybridized carbons (Fsp3) is 0.300. The summed E-state index contributed by atoms with van der Waals surface area (Å²) in [6, 6.07) is 23.4. The molecule has 0 unspecified atom stereocenters. The second kappa shape index (κ2) is 12.8. The first-order chi connectivity index (χ1) is 17.7. The molecule has 3 aromatic rings. The lowest BCUT2D eigenvalue weighted by Gasteiger charge is -2.34. The zero-order chi connectivity index (χ0) is 25.2. The molecule has 1 saturated heterocycles. The Morgan fingerprint density at radius 2 is 1.67 bits per heavy atom. The summed E-state index contributed by atoms with van der Waals surface area (Å²) in [4.78, 5) is 17.6. The molecule has 1 heterocycles. The highest BCUT2D eigenvalue weighted by Gasteiger charge is 2.22. The number of carbonyl (C=O) groups is 1. The molecule has 188 valence electrons. The van der Waals surface area contributed by atoms with Gasteiger partial charge in [-0.05, 0) is 42.8 Å². The number of hydrogen-bond donors (Lipinski definition) is 0. The molecule has 0 saturated carbocycles. The van der Waals surface area contributed by atoms with Crippen LogP contribution in [0.4, 0.5) is 0 Å². The van der Waals surface area contributed by atoms with Gasteiger partial charge in [0.25, 0.3) is 5.91 Å². The summed E-state index contributed by atoms with van der Waals surface area (Å²) in [6.07, 6.45) is 4.33. The van der Waals surface area contributed by atoms with Crippen molar-refractivity contribution >= 4 is 12.0 Å². The van der Waals surface area contributed by atoms with Crippen molar-refractivity contribution in [3.8, 4) is 17.2 Å². The molecule has 1 aliphatic rings. The molecule has 6 heteroatoms. The van der Waals surface area contributed by atoms with Gasteiger partial charge in [0.15, 0.2) is 0 Å². The van der Waals surface area contributed by atoms with E-state index < -0.39 is 0 Å². The Kier molecular flexibility index (Phi) is 9.00. The van der Waals surface area contributed by atoms with Gasteiger partial charge < -0.3 is 19.1 Å². The van der Waals surface area contributed by atoms with Gasteiger partial charge in [-0.1, -0.05) is 48.6 Å².